The molecule has 1 fully saturated rings. The summed E-state index contributed by atoms with van der Waals surface area (Å²) in [5, 5.41) is 5.65. The molecule has 1 aliphatic carbocycles. The Labute approximate surface area is 142 Å². The molecule has 1 aromatic rings. The Balaban J connectivity index is 1.86. The van der Waals surface area contributed by atoms with Gasteiger partial charge in [-0.3, -0.25) is 9.59 Å². The Morgan fingerprint density at radius 3 is 2.12 bits per heavy atom. The lowest BCUT2D eigenvalue weighted by molar-refractivity contribution is -0.120. The second-order valence-electron chi connectivity index (χ2n) is 6.04. The molecule has 2 amide bonds. The van der Waals surface area contributed by atoms with Crippen molar-refractivity contribution in [2.45, 2.75) is 44.6 Å². The van der Waals surface area contributed by atoms with Crippen LogP contribution in [0.3, 0.4) is 0 Å². The van der Waals surface area contributed by atoms with Gasteiger partial charge in [0.1, 0.15) is 11.5 Å². The Hall–Kier alpha value is -2.24. The van der Waals surface area contributed by atoms with Gasteiger partial charge in [-0.25, -0.2) is 0 Å². The van der Waals surface area contributed by atoms with Gasteiger partial charge in [0.15, 0.2) is 0 Å². The van der Waals surface area contributed by atoms with E-state index < -0.39 is 0 Å². The zero-order chi connectivity index (χ0) is 17.4. The largest absolute Gasteiger partial charge is 0.497 e. The molecule has 2 rings (SSSR count). The highest BCUT2D eigenvalue weighted by atomic mass is 16.5. The summed E-state index contributed by atoms with van der Waals surface area (Å²) < 4.78 is 10.3. The van der Waals surface area contributed by atoms with Crippen molar-refractivity contribution in [2.24, 2.45) is 0 Å². The van der Waals surface area contributed by atoms with Gasteiger partial charge in [-0.05, 0) is 25.0 Å². The lowest BCUT2D eigenvalue weighted by atomic mass is 10.1. The van der Waals surface area contributed by atoms with Crippen LogP contribution in [0, 0.1) is 0 Å². The smallest absolute Gasteiger partial charge is 0.251 e. The SMILES string of the molecule is COc1cc(OC)cc(C(=O)NCC(=O)NC2CCCCCC2)c1. The fraction of sp³-hybridized carbons (Fsp3) is 0.556. The Morgan fingerprint density at radius 1 is 1.00 bits per heavy atom. The Bertz CT molecular complexity index is 544. The van der Waals surface area contributed by atoms with Crippen LogP contribution in [0.25, 0.3) is 0 Å². The zero-order valence-electron chi connectivity index (χ0n) is 14.4. The van der Waals surface area contributed by atoms with Crippen molar-refractivity contribution in [2.75, 3.05) is 20.8 Å². The molecule has 0 aliphatic heterocycles. The molecule has 0 unspecified atom stereocenters. The first-order valence-corrected chi connectivity index (χ1v) is 8.43. The number of ether oxygens (including phenoxy) is 2. The van der Waals surface area contributed by atoms with Crippen LogP contribution in [0.1, 0.15) is 48.9 Å². The highest BCUT2D eigenvalue weighted by Gasteiger charge is 2.16. The zero-order valence-corrected chi connectivity index (χ0v) is 14.4. The number of hydrogen-bond acceptors (Lipinski definition) is 4. The summed E-state index contributed by atoms with van der Waals surface area (Å²) in [4.78, 5) is 24.3. The van der Waals surface area contributed by atoms with Crippen LogP contribution in [-0.4, -0.2) is 38.6 Å². The summed E-state index contributed by atoms with van der Waals surface area (Å²) >= 11 is 0. The number of carbonyl (C=O) groups excluding carboxylic acids is 2. The third kappa shape index (κ3) is 5.44. The van der Waals surface area contributed by atoms with E-state index in [0.29, 0.717) is 17.1 Å². The van der Waals surface area contributed by atoms with Crippen molar-refractivity contribution < 1.29 is 19.1 Å². The molecule has 0 saturated heterocycles. The van der Waals surface area contributed by atoms with Crippen LogP contribution in [0.4, 0.5) is 0 Å². The molecule has 132 valence electrons. The fourth-order valence-electron chi connectivity index (χ4n) is 2.90. The second kappa shape index (κ2) is 9.15. The van der Waals surface area contributed by atoms with E-state index in [-0.39, 0.29) is 24.4 Å². The van der Waals surface area contributed by atoms with E-state index in [0.717, 1.165) is 25.7 Å². The first-order chi connectivity index (χ1) is 11.6. The minimum absolute atomic E-state index is 0.0329. The maximum absolute atomic E-state index is 12.2. The average Bonchev–Trinajstić information content (AvgIpc) is 2.87. The molecule has 6 nitrogen and oxygen atoms in total. The molecule has 1 aliphatic rings. The summed E-state index contributed by atoms with van der Waals surface area (Å²) in [5.74, 6) is 0.582. The number of hydrogen-bond donors (Lipinski definition) is 2. The maximum Gasteiger partial charge on any atom is 0.251 e. The van der Waals surface area contributed by atoms with Gasteiger partial charge in [0.05, 0.1) is 20.8 Å². The predicted molar refractivity (Wildman–Crippen MR) is 91.5 cm³/mol. The minimum Gasteiger partial charge on any atom is -0.497 e. The second-order valence-corrected chi connectivity index (χ2v) is 6.04. The first-order valence-electron chi connectivity index (χ1n) is 8.43. The van der Waals surface area contributed by atoms with Crippen molar-refractivity contribution in [1.82, 2.24) is 10.6 Å². The maximum atomic E-state index is 12.2. The van der Waals surface area contributed by atoms with Crippen LogP contribution in [-0.2, 0) is 4.79 Å². The number of carbonyl (C=O) groups is 2. The van der Waals surface area contributed by atoms with Crippen molar-refractivity contribution in [3.8, 4) is 11.5 Å². The van der Waals surface area contributed by atoms with Crippen LogP contribution >= 0.6 is 0 Å². The van der Waals surface area contributed by atoms with Gasteiger partial charge in [0.25, 0.3) is 5.91 Å². The molecular weight excluding hydrogens is 308 g/mol. The van der Waals surface area contributed by atoms with E-state index in [2.05, 4.69) is 10.6 Å². The number of rotatable bonds is 6. The van der Waals surface area contributed by atoms with Gasteiger partial charge in [0, 0.05) is 17.7 Å². The van der Waals surface area contributed by atoms with E-state index in [1.54, 1.807) is 18.2 Å². The van der Waals surface area contributed by atoms with Gasteiger partial charge in [-0.2, -0.15) is 0 Å². The van der Waals surface area contributed by atoms with Crippen LogP contribution in [0.2, 0.25) is 0 Å². The molecule has 0 radical (unpaired) electrons. The van der Waals surface area contributed by atoms with Crippen LogP contribution < -0.4 is 20.1 Å². The van der Waals surface area contributed by atoms with Crippen molar-refractivity contribution in [3.63, 3.8) is 0 Å². The number of benzene rings is 1. The summed E-state index contributed by atoms with van der Waals surface area (Å²) in [6, 6.07) is 5.14. The highest BCUT2D eigenvalue weighted by Crippen LogP contribution is 2.22. The summed E-state index contributed by atoms with van der Waals surface area (Å²) in [7, 11) is 3.05. The molecule has 2 N–H and O–H groups in total. The molecule has 0 bridgehead atoms. The molecule has 1 saturated carbocycles. The molecule has 24 heavy (non-hydrogen) atoms. The van der Waals surface area contributed by atoms with Crippen molar-refractivity contribution in [1.29, 1.82) is 0 Å². The topological polar surface area (TPSA) is 76.7 Å². The van der Waals surface area contributed by atoms with E-state index >= 15 is 0 Å². The molecular formula is C18H26N2O4. The van der Waals surface area contributed by atoms with Crippen molar-refractivity contribution >= 4 is 11.8 Å². The third-order valence-electron chi connectivity index (χ3n) is 4.24. The first kappa shape index (κ1) is 18.1. The number of amides is 2. The predicted octanol–water partition coefficient (Wildman–Crippen LogP) is 2.27. The van der Waals surface area contributed by atoms with Gasteiger partial charge in [0.2, 0.25) is 5.91 Å². The van der Waals surface area contributed by atoms with Crippen LogP contribution in [0.5, 0.6) is 11.5 Å². The monoisotopic (exact) mass is 334 g/mol. The molecule has 0 heterocycles. The number of methoxy groups -OCH3 is 2. The van der Waals surface area contributed by atoms with E-state index in [9.17, 15) is 9.59 Å². The molecule has 0 spiro atoms. The van der Waals surface area contributed by atoms with E-state index in [4.69, 9.17) is 9.47 Å². The highest BCUT2D eigenvalue weighted by molar-refractivity contribution is 5.97. The van der Waals surface area contributed by atoms with Gasteiger partial charge in [-0.1, -0.05) is 25.7 Å². The molecule has 1 aromatic carbocycles. The normalized spacial score (nSPS) is 15.2. The van der Waals surface area contributed by atoms with E-state index in [1.165, 1.54) is 27.1 Å². The lowest BCUT2D eigenvalue weighted by Gasteiger charge is -2.16. The molecule has 6 heteroatoms. The fourth-order valence-corrected chi connectivity index (χ4v) is 2.90. The Morgan fingerprint density at radius 2 is 1.58 bits per heavy atom. The molecule has 0 aromatic heterocycles. The van der Waals surface area contributed by atoms with Gasteiger partial charge < -0.3 is 20.1 Å². The lowest BCUT2D eigenvalue weighted by Crippen LogP contribution is -2.41. The summed E-state index contributed by atoms with van der Waals surface area (Å²) in [6.45, 7) is -0.0329. The molecule has 0 atom stereocenters. The standard InChI is InChI=1S/C18H26N2O4/c1-23-15-9-13(10-16(11-15)24-2)18(22)19-12-17(21)20-14-7-5-3-4-6-8-14/h9-11,14H,3-8,12H2,1-2H3,(H,19,22)(H,20,21). The van der Waals surface area contributed by atoms with Gasteiger partial charge >= 0.3 is 0 Å². The Kier molecular flexibility index (Phi) is 6.90. The third-order valence-corrected chi connectivity index (χ3v) is 4.24. The van der Waals surface area contributed by atoms with Gasteiger partial charge in [-0.15, -0.1) is 0 Å². The summed E-state index contributed by atoms with van der Waals surface area (Å²) in [6.07, 6.45) is 6.82. The van der Waals surface area contributed by atoms with E-state index in [1.807, 2.05) is 0 Å². The van der Waals surface area contributed by atoms with Crippen molar-refractivity contribution in [3.05, 3.63) is 23.8 Å². The minimum atomic E-state index is -0.330. The average molecular weight is 334 g/mol. The summed E-state index contributed by atoms with van der Waals surface area (Å²) in [5.41, 5.74) is 0.397. The van der Waals surface area contributed by atoms with Crippen LogP contribution in [0.15, 0.2) is 18.2 Å². The number of nitrogens with one attached hydrogen (secondary N) is 2. The quantitative estimate of drug-likeness (QED) is 0.783.